The zero-order chi connectivity index (χ0) is 13.8. The molecule has 1 rings (SSSR count). The van der Waals surface area contributed by atoms with Crippen molar-refractivity contribution in [2.45, 2.75) is 30.7 Å². The van der Waals surface area contributed by atoms with Crippen LogP contribution in [0.2, 0.25) is 0 Å². The van der Waals surface area contributed by atoms with Gasteiger partial charge in [0.1, 0.15) is 6.04 Å². The van der Waals surface area contributed by atoms with Crippen LogP contribution in [0.1, 0.15) is 19.8 Å². The molecule has 18 heavy (non-hydrogen) atoms. The second kappa shape index (κ2) is 6.48. The highest BCUT2D eigenvalue weighted by atomic mass is 127. The minimum atomic E-state index is -3.78. The van der Waals surface area contributed by atoms with Crippen molar-refractivity contribution in [1.82, 2.24) is 4.72 Å². The van der Waals surface area contributed by atoms with E-state index in [2.05, 4.69) is 27.3 Å². The maximum Gasteiger partial charge on any atom is 0.321 e. The molecule has 0 spiro atoms. The molecule has 7 heteroatoms. The lowest BCUT2D eigenvalue weighted by Crippen LogP contribution is -2.40. The SMILES string of the molecule is CCC[C@H](NS(=O)(=O)c1ccc(I)cc1)C(=O)O. The topological polar surface area (TPSA) is 83.5 Å². The average molecular weight is 383 g/mol. The summed E-state index contributed by atoms with van der Waals surface area (Å²) in [7, 11) is -3.78. The Bertz CT molecular complexity index is 512. The first-order chi connectivity index (χ1) is 8.36. The van der Waals surface area contributed by atoms with Crippen molar-refractivity contribution in [3.8, 4) is 0 Å². The molecule has 0 fully saturated rings. The minimum absolute atomic E-state index is 0.0743. The first-order valence-corrected chi connectivity index (χ1v) is 7.93. The van der Waals surface area contributed by atoms with E-state index in [1.54, 1.807) is 19.1 Å². The second-order valence-electron chi connectivity index (χ2n) is 3.75. The van der Waals surface area contributed by atoms with Gasteiger partial charge in [-0.15, -0.1) is 0 Å². The van der Waals surface area contributed by atoms with Gasteiger partial charge < -0.3 is 5.11 Å². The second-order valence-corrected chi connectivity index (χ2v) is 6.71. The van der Waals surface area contributed by atoms with Gasteiger partial charge in [0, 0.05) is 3.57 Å². The Kier molecular flexibility index (Phi) is 5.54. The standard InChI is InChI=1S/C11H14INO4S/c1-2-3-10(11(14)15)13-18(16,17)9-6-4-8(12)5-7-9/h4-7,10,13H,2-3H2,1H3,(H,14,15)/t10-/m0/s1. The summed E-state index contributed by atoms with van der Waals surface area (Å²) in [6.07, 6.45) is 0.852. The van der Waals surface area contributed by atoms with Gasteiger partial charge >= 0.3 is 5.97 Å². The van der Waals surface area contributed by atoms with Crippen molar-refractivity contribution in [2.75, 3.05) is 0 Å². The summed E-state index contributed by atoms with van der Waals surface area (Å²) in [5.74, 6) is -1.16. The maximum absolute atomic E-state index is 12.0. The summed E-state index contributed by atoms with van der Waals surface area (Å²) in [5, 5.41) is 8.93. The van der Waals surface area contributed by atoms with E-state index in [1.165, 1.54) is 12.1 Å². The summed E-state index contributed by atoms with van der Waals surface area (Å²) in [6.45, 7) is 1.80. The number of carbonyl (C=O) groups is 1. The number of benzene rings is 1. The van der Waals surface area contributed by atoms with E-state index < -0.39 is 22.0 Å². The molecule has 1 aromatic carbocycles. The van der Waals surface area contributed by atoms with Crippen LogP contribution in [0.4, 0.5) is 0 Å². The molecule has 0 radical (unpaired) electrons. The lowest BCUT2D eigenvalue weighted by molar-refractivity contribution is -0.139. The number of carboxylic acid groups (broad SMARTS) is 1. The largest absolute Gasteiger partial charge is 0.480 e. The van der Waals surface area contributed by atoms with Gasteiger partial charge in [-0.2, -0.15) is 4.72 Å². The Morgan fingerprint density at radius 1 is 1.39 bits per heavy atom. The lowest BCUT2D eigenvalue weighted by atomic mass is 10.2. The van der Waals surface area contributed by atoms with Gasteiger partial charge in [0.15, 0.2) is 0 Å². The Morgan fingerprint density at radius 3 is 2.39 bits per heavy atom. The van der Waals surface area contributed by atoms with Crippen LogP contribution in [0, 0.1) is 3.57 Å². The summed E-state index contributed by atoms with van der Waals surface area (Å²) in [6, 6.07) is 5.14. The molecule has 2 N–H and O–H groups in total. The molecule has 0 bridgehead atoms. The molecule has 0 saturated heterocycles. The maximum atomic E-state index is 12.0. The minimum Gasteiger partial charge on any atom is -0.480 e. The molecule has 100 valence electrons. The van der Waals surface area contributed by atoms with Crippen molar-refractivity contribution in [3.63, 3.8) is 0 Å². The quantitative estimate of drug-likeness (QED) is 0.735. The Morgan fingerprint density at radius 2 is 1.94 bits per heavy atom. The third-order valence-electron chi connectivity index (χ3n) is 2.30. The third kappa shape index (κ3) is 4.21. The predicted molar refractivity (Wildman–Crippen MR) is 75.8 cm³/mol. The number of aliphatic carboxylic acids is 1. The molecule has 1 aromatic rings. The van der Waals surface area contributed by atoms with E-state index in [0.717, 1.165) is 3.57 Å². The van der Waals surface area contributed by atoms with Crippen molar-refractivity contribution < 1.29 is 18.3 Å². The van der Waals surface area contributed by atoms with Gasteiger partial charge in [-0.1, -0.05) is 13.3 Å². The van der Waals surface area contributed by atoms with Gasteiger partial charge in [-0.05, 0) is 53.3 Å². The molecule has 0 heterocycles. The Balaban J connectivity index is 2.93. The van der Waals surface area contributed by atoms with Crippen LogP contribution in [-0.2, 0) is 14.8 Å². The van der Waals surface area contributed by atoms with Gasteiger partial charge in [0.2, 0.25) is 10.0 Å². The van der Waals surface area contributed by atoms with Crippen molar-refractivity contribution in [2.24, 2.45) is 0 Å². The van der Waals surface area contributed by atoms with Gasteiger partial charge in [-0.25, -0.2) is 8.42 Å². The van der Waals surface area contributed by atoms with Crippen LogP contribution in [0.5, 0.6) is 0 Å². The predicted octanol–water partition coefficient (Wildman–Crippen LogP) is 1.82. The summed E-state index contributed by atoms with van der Waals surface area (Å²) in [4.78, 5) is 11.0. The molecule has 1 atom stereocenters. The van der Waals surface area contributed by atoms with E-state index in [4.69, 9.17) is 5.11 Å². The zero-order valence-electron chi connectivity index (χ0n) is 9.76. The number of hydrogen-bond donors (Lipinski definition) is 2. The number of hydrogen-bond acceptors (Lipinski definition) is 3. The molecule has 0 aliphatic heterocycles. The van der Waals surface area contributed by atoms with E-state index in [-0.39, 0.29) is 11.3 Å². The monoisotopic (exact) mass is 383 g/mol. The van der Waals surface area contributed by atoms with Gasteiger partial charge in [0.25, 0.3) is 0 Å². The van der Waals surface area contributed by atoms with Crippen molar-refractivity contribution in [3.05, 3.63) is 27.8 Å². The number of rotatable bonds is 6. The fourth-order valence-corrected chi connectivity index (χ4v) is 2.97. The highest BCUT2D eigenvalue weighted by molar-refractivity contribution is 14.1. The van der Waals surface area contributed by atoms with Gasteiger partial charge in [0.05, 0.1) is 4.90 Å². The average Bonchev–Trinajstić information content (AvgIpc) is 2.28. The highest BCUT2D eigenvalue weighted by Gasteiger charge is 2.24. The number of carboxylic acids is 1. The normalized spacial score (nSPS) is 13.2. The summed E-state index contributed by atoms with van der Waals surface area (Å²) >= 11 is 2.06. The number of halogens is 1. The third-order valence-corrected chi connectivity index (χ3v) is 4.50. The van der Waals surface area contributed by atoms with E-state index in [9.17, 15) is 13.2 Å². The van der Waals surface area contributed by atoms with Gasteiger partial charge in [-0.3, -0.25) is 4.79 Å². The molecule has 0 aliphatic rings. The Hall–Kier alpha value is -0.670. The fourth-order valence-electron chi connectivity index (χ4n) is 1.39. The lowest BCUT2D eigenvalue weighted by Gasteiger charge is -2.13. The molecule has 0 aromatic heterocycles. The van der Waals surface area contributed by atoms with Crippen molar-refractivity contribution in [1.29, 1.82) is 0 Å². The molecule has 0 aliphatic carbocycles. The smallest absolute Gasteiger partial charge is 0.321 e. The first kappa shape index (κ1) is 15.4. The highest BCUT2D eigenvalue weighted by Crippen LogP contribution is 2.13. The molecular weight excluding hydrogens is 369 g/mol. The molecular formula is C11H14INO4S. The molecule has 0 saturated carbocycles. The van der Waals surface area contributed by atoms with E-state index >= 15 is 0 Å². The van der Waals surface area contributed by atoms with Crippen LogP contribution in [-0.4, -0.2) is 25.5 Å². The van der Waals surface area contributed by atoms with E-state index in [1.807, 2.05) is 0 Å². The molecule has 0 amide bonds. The van der Waals surface area contributed by atoms with Crippen LogP contribution in [0.25, 0.3) is 0 Å². The van der Waals surface area contributed by atoms with Crippen LogP contribution in [0.3, 0.4) is 0 Å². The summed E-state index contributed by atoms with van der Waals surface area (Å²) < 4.78 is 27.0. The fraction of sp³-hybridized carbons (Fsp3) is 0.364. The van der Waals surface area contributed by atoms with Crippen LogP contribution in [0.15, 0.2) is 29.2 Å². The van der Waals surface area contributed by atoms with Crippen molar-refractivity contribution >= 4 is 38.6 Å². The first-order valence-electron chi connectivity index (χ1n) is 5.37. The Labute approximate surface area is 120 Å². The molecule has 0 unspecified atom stereocenters. The number of sulfonamides is 1. The van der Waals surface area contributed by atoms with E-state index in [0.29, 0.717) is 6.42 Å². The van der Waals surface area contributed by atoms with Crippen LogP contribution < -0.4 is 4.72 Å². The summed E-state index contributed by atoms with van der Waals surface area (Å²) in [5.41, 5.74) is 0. The van der Waals surface area contributed by atoms with Crippen LogP contribution >= 0.6 is 22.6 Å². The molecule has 5 nitrogen and oxygen atoms in total. The number of nitrogens with one attached hydrogen (secondary N) is 1. The zero-order valence-corrected chi connectivity index (χ0v) is 12.7.